The van der Waals surface area contributed by atoms with Gasteiger partial charge in [-0.3, -0.25) is 19.3 Å². The third kappa shape index (κ3) is 2.05. The van der Waals surface area contributed by atoms with E-state index in [1.165, 1.54) is 4.90 Å². The number of para-hydroxylation sites is 1. The van der Waals surface area contributed by atoms with Crippen molar-refractivity contribution < 1.29 is 19.7 Å². The number of nitrogens with two attached hydrogens (primary N) is 1. The summed E-state index contributed by atoms with van der Waals surface area (Å²) in [7, 11) is 0. The minimum absolute atomic E-state index is 0.0833. The number of carbonyl (C=O) groups is 3. The lowest BCUT2D eigenvalue weighted by atomic mass is 9.76. The Kier molecular flexibility index (Phi) is 3.91. The Morgan fingerprint density at radius 3 is 2.62 bits per heavy atom. The van der Waals surface area contributed by atoms with Crippen molar-refractivity contribution >= 4 is 23.4 Å². The fourth-order valence-electron chi connectivity index (χ4n) is 5.05. The second-order valence-corrected chi connectivity index (χ2v) is 8.04. The molecule has 4 rings (SSSR count). The molecular formula is C20H26N3O3+. The number of imide groups is 1. The first-order chi connectivity index (χ1) is 12.4. The van der Waals surface area contributed by atoms with Gasteiger partial charge in [0.25, 0.3) is 5.91 Å². The first-order valence-electron chi connectivity index (χ1n) is 9.55. The summed E-state index contributed by atoms with van der Waals surface area (Å²) < 4.78 is 0. The lowest BCUT2D eigenvalue weighted by Crippen LogP contribution is -2.99. The van der Waals surface area contributed by atoms with Crippen LogP contribution in [0.3, 0.4) is 0 Å². The van der Waals surface area contributed by atoms with Crippen molar-refractivity contribution in [2.45, 2.75) is 45.2 Å². The van der Waals surface area contributed by atoms with E-state index in [0.29, 0.717) is 6.54 Å². The van der Waals surface area contributed by atoms with Gasteiger partial charge >= 0.3 is 0 Å². The number of benzene rings is 1. The van der Waals surface area contributed by atoms with Crippen LogP contribution in [0.4, 0.5) is 5.69 Å². The van der Waals surface area contributed by atoms with Crippen molar-refractivity contribution in [2.75, 3.05) is 11.9 Å². The van der Waals surface area contributed by atoms with E-state index < -0.39 is 17.4 Å². The Balaban J connectivity index is 1.85. The van der Waals surface area contributed by atoms with E-state index >= 15 is 0 Å². The molecule has 1 aromatic carbocycles. The van der Waals surface area contributed by atoms with Crippen LogP contribution in [0.25, 0.3) is 0 Å². The first kappa shape index (κ1) is 17.2. The van der Waals surface area contributed by atoms with Crippen LogP contribution in [0.15, 0.2) is 24.3 Å². The molecule has 3 aliphatic rings. The number of nitrogens with one attached hydrogen (secondary N) is 1. The molecule has 0 aromatic heterocycles. The normalized spacial score (nSPS) is 32.5. The van der Waals surface area contributed by atoms with Crippen LogP contribution in [0, 0.1) is 17.8 Å². The van der Waals surface area contributed by atoms with E-state index in [2.05, 4.69) is 19.2 Å². The van der Waals surface area contributed by atoms with E-state index in [-0.39, 0.29) is 29.7 Å². The molecule has 3 heterocycles. The average molecular weight is 356 g/mol. The van der Waals surface area contributed by atoms with Gasteiger partial charge in [0.15, 0.2) is 0 Å². The van der Waals surface area contributed by atoms with Gasteiger partial charge in [0.05, 0.1) is 5.69 Å². The van der Waals surface area contributed by atoms with Gasteiger partial charge in [-0.05, 0) is 12.5 Å². The summed E-state index contributed by atoms with van der Waals surface area (Å²) in [5.74, 6) is -1.32. The zero-order valence-corrected chi connectivity index (χ0v) is 15.5. The molecule has 0 unspecified atom stereocenters. The zero-order valence-electron chi connectivity index (χ0n) is 15.5. The summed E-state index contributed by atoms with van der Waals surface area (Å²) in [6.45, 7) is 6.61. The van der Waals surface area contributed by atoms with Crippen LogP contribution in [0.5, 0.6) is 0 Å². The number of fused-ring (bicyclic) bond motifs is 4. The molecule has 1 aromatic rings. The summed E-state index contributed by atoms with van der Waals surface area (Å²) in [4.78, 5) is 41.0. The maximum Gasteiger partial charge on any atom is 0.291 e. The van der Waals surface area contributed by atoms with Crippen molar-refractivity contribution in [3.05, 3.63) is 29.8 Å². The number of amides is 3. The lowest BCUT2D eigenvalue weighted by Gasteiger charge is -2.27. The number of likely N-dealkylation sites (tertiary alicyclic amines) is 1. The summed E-state index contributed by atoms with van der Waals surface area (Å²) >= 11 is 0. The smallest absolute Gasteiger partial charge is 0.291 e. The van der Waals surface area contributed by atoms with Crippen molar-refractivity contribution in [1.29, 1.82) is 0 Å². The molecule has 26 heavy (non-hydrogen) atoms. The molecular weight excluding hydrogens is 330 g/mol. The van der Waals surface area contributed by atoms with E-state index in [9.17, 15) is 14.4 Å². The molecule has 3 aliphatic heterocycles. The molecule has 4 atom stereocenters. The topological polar surface area (TPSA) is 83.1 Å². The van der Waals surface area contributed by atoms with Crippen molar-refractivity contribution in [2.24, 2.45) is 17.8 Å². The molecule has 3 N–H and O–H groups in total. The number of hydrogen-bond acceptors (Lipinski definition) is 3. The fraction of sp³-hybridized carbons (Fsp3) is 0.550. The van der Waals surface area contributed by atoms with Crippen LogP contribution < -0.4 is 10.6 Å². The van der Waals surface area contributed by atoms with Gasteiger partial charge in [0, 0.05) is 18.0 Å². The SMILES string of the molecule is CCCCN1C(=O)[C@@H]2[C@@H](C(C)C)[NH2+][C@@]3(C(=O)Nc4ccccc43)[C@@H]2C1=O. The Morgan fingerprint density at radius 2 is 1.92 bits per heavy atom. The maximum absolute atomic E-state index is 13.3. The van der Waals surface area contributed by atoms with Crippen LogP contribution in [0.1, 0.15) is 39.2 Å². The zero-order chi connectivity index (χ0) is 18.6. The molecule has 0 saturated carbocycles. The Labute approximate surface area is 153 Å². The highest BCUT2D eigenvalue weighted by atomic mass is 16.2. The molecule has 0 aliphatic carbocycles. The Bertz CT molecular complexity index is 790. The van der Waals surface area contributed by atoms with Gasteiger partial charge in [-0.2, -0.15) is 0 Å². The highest BCUT2D eigenvalue weighted by molar-refractivity contribution is 6.13. The number of nitrogens with zero attached hydrogens (tertiary/aromatic N) is 1. The lowest BCUT2D eigenvalue weighted by molar-refractivity contribution is -0.738. The minimum Gasteiger partial charge on any atom is -0.326 e. The summed E-state index contributed by atoms with van der Waals surface area (Å²) in [5.41, 5.74) is 0.565. The van der Waals surface area contributed by atoms with Gasteiger partial charge in [0.2, 0.25) is 17.4 Å². The number of quaternary nitrogens is 1. The standard InChI is InChI=1S/C20H25N3O3/c1-4-5-10-23-17(24)14-15(18(23)25)20(22-16(14)11(2)3)12-8-6-7-9-13(12)21-19(20)26/h6-9,11,14-16,22H,4-5,10H2,1-3H3,(H,21,26)/p+1/t14-,15-,16+,20+/m0/s1. The summed E-state index contributed by atoms with van der Waals surface area (Å²) in [6, 6.07) is 7.46. The monoisotopic (exact) mass is 356 g/mol. The van der Waals surface area contributed by atoms with Gasteiger partial charge in [-0.15, -0.1) is 0 Å². The third-order valence-electron chi connectivity index (χ3n) is 6.30. The number of hydrogen-bond donors (Lipinski definition) is 2. The van der Waals surface area contributed by atoms with E-state index in [4.69, 9.17) is 0 Å². The van der Waals surface area contributed by atoms with E-state index in [0.717, 1.165) is 24.1 Å². The Hall–Kier alpha value is -2.21. The van der Waals surface area contributed by atoms with Crippen LogP contribution >= 0.6 is 0 Å². The number of carbonyl (C=O) groups excluding carboxylic acids is 3. The number of unbranched alkanes of at least 4 members (excludes halogenated alkanes) is 1. The predicted molar refractivity (Wildman–Crippen MR) is 95.9 cm³/mol. The maximum atomic E-state index is 13.3. The molecule has 1 spiro atoms. The molecule has 2 saturated heterocycles. The summed E-state index contributed by atoms with van der Waals surface area (Å²) in [5, 5.41) is 4.94. The number of anilines is 1. The quantitative estimate of drug-likeness (QED) is 0.784. The molecule has 6 heteroatoms. The minimum atomic E-state index is -1.02. The Morgan fingerprint density at radius 1 is 1.19 bits per heavy atom. The van der Waals surface area contributed by atoms with Crippen molar-refractivity contribution in [3.63, 3.8) is 0 Å². The van der Waals surface area contributed by atoms with Gasteiger partial charge in [-0.1, -0.05) is 45.4 Å². The molecule has 138 valence electrons. The van der Waals surface area contributed by atoms with Gasteiger partial charge in [0.1, 0.15) is 17.9 Å². The van der Waals surface area contributed by atoms with Crippen LogP contribution in [-0.2, 0) is 19.9 Å². The van der Waals surface area contributed by atoms with Crippen molar-refractivity contribution in [3.8, 4) is 0 Å². The molecule has 0 radical (unpaired) electrons. The van der Waals surface area contributed by atoms with E-state index in [1.807, 2.05) is 36.5 Å². The molecule has 6 nitrogen and oxygen atoms in total. The first-order valence-corrected chi connectivity index (χ1v) is 9.55. The van der Waals surface area contributed by atoms with Crippen LogP contribution in [-0.4, -0.2) is 35.2 Å². The fourth-order valence-corrected chi connectivity index (χ4v) is 5.05. The molecule has 0 bridgehead atoms. The predicted octanol–water partition coefficient (Wildman–Crippen LogP) is 0.837. The second kappa shape index (κ2) is 5.91. The van der Waals surface area contributed by atoms with Gasteiger partial charge < -0.3 is 10.6 Å². The molecule has 3 amide bonds. The van der Waals surface area contributed by atoms with E-state index in [1.54, 1.807) is 0 Å². The highest BCUT2D eigenvalue weighted by Crippen LogP contribution is 2.49. The highest BCUT2D eigenvalue weighted by Gasteiger charge is 2.74. The molecule has 2 fully saturated rings. The summed E-state index contributed by atoms with van der Waals surface area (Å²) in [6.07, 6.45) is 1.71. The largest absolute Gasteiger partial charge is 0.326 e. The van der Waals surface area contributed by atoms with Gasteiger partial charge in [-0.25, -0.2) is 0 Å². The van der Waals surface area contributed by atoms with Crippen molar-refractivity contribution in [1.82, 2.24) is 4.90 Å². The third-order valence-corrected chi connectivity index (χ3v) is 6.30. The second-order valence-electron chi connectivity index (χ2n) is 8.04. The average Bonchev–Trinajstić information content (AvgIpc) is 3.20. The number of rotatable bonds is 4. The van der Waals surface area contributed by atoms with Crippen LogP contribution in [0.2, 0.25) is 0 Å².